The van der Waals surface area contributed by atoms with Crippen molar-refractivity contribution in [2.24, 2.45) is 7.05 Å². The Morgan fingerprint density at radius 3 is 2.70 bits per heavy atom. The predicted molar refractivity (Wildman–Crippen MR) is 92.2 cm³/mol. The van der Waals surface area contributed by atoms with Gasteiger partial charge in [-0.15, -0.1) is 0 Å². The van der Waals surface area contributed by atoms with Crippen molar-refractivity contribution in [1.82, 2.24) is 9.78 Å². The molecule has 3 heteroatoms. The normalized spacial score (nSPS) is 14.8. The molecule has 1 fully saturated rings. The molecule has 0 spiro atoms. The largest absolute Gasteiger partial charge is 0.275 e. The fraction of sp³-hybridized carbons (Fsp3) is 0.350. The highest BCUT2D eigenvalue weighted by atomic mass is 19.1. The molecule has 2 nitrogen and oxygen atoms in total. The molecule has 0 amide bonds. The first-order valence-electron chi connectivity index (χ1n) is 8.30. The van der Waals surface area contributed by atoms with E-state index in [0.717, 1.165) is 27.6 Å². The minimum Gasteiger partial charge on any atom is -0.275 e. The molecule has 1 aliphatic rings. The number of rotatable bonds is 3. The van der Waals surface area contributed by atoms with Gasteiger partial charge in [0.1, 0.15) is 5.82 Å². The van der Waals surface area contributed by atoms with Crippen LogP contribution in [0.15, 0.2) is 36.5 Å². The van der Waals surface area contributed by atoms with Crippen molar-refractivity contribution in [3.8, 4) is 11.1 Å². The Kier molecular flexibility index (Phi) is 3.26. The summed E-state index contributed by atoms with van der Waals surface area (Å²) in [6.45, 7) is 4.15. The molecular weight excluding hydrogens is 287 g/mol. The van der Waals surface area contributed by atoms with Gasteiger partial charge in [-0.3, -0.25) is 4.68 Å². The smallest absolute Gasteiger partial charge is 0.127 e. The van der Waals surface area contributed by atoms with Gasteiger partial charge in [-0.25, -0.2) is 4.39 Å². The summed E-state index contributed by atoms with van der Waals surface area (Å²) in [5.74, 6) is 0.684. The van der Waals surface area contributed by atoms with E-state index in [9.17, 15) is 4.39 Å². The number of nitrogens with zero attached hydrogens (tertiary/aromatic N) is 2. The average Bonchev–Trinajstić information content (AvgIpc) is 3.26. The monoisotopic (exact) mass is 308 g/mol. The van der Waals surface area contributed by atoms with Crippen LogP contribution in [-0.4, -0.2) is 9.78 Å². The van der Waals surface area contributed by atoms with Gasteiger partial charge in [-0.2, -0.15) is 5.10 Å². The molecule has 1 saturated carbocycles. The highest BCUT2D eigenvalue weighted by molar-refractivity contribution is 5.94. The molecule has 4 rings (SSSR count). The molecule has 3 aromatic rings. The maximum absolute atomic E-state index is 14.8. The second kappa shape index (κ2) is 5.19. The lowest BCUT2D eigenvalue weighted by molar-refractivity contribution is 0.594. The van der Waals surface area contributed by atoms with Gasteiger partial charge >= 0.3 is 0 Å². The highest BCUT2D eigenvalue weighted by Crippen LogP contribution is 2.45. The standard InChI is InChI=1S/C20H21FN2/c1-12(2)20-16(13-7-8-13)9-14(10-18(20)21)15-5-4-6-19-17(15)11-23(3)22-19/h4-6,9-13H,7-8H2,1-3H3. The van der Waals surface area contributed by atoms with E-state index in [1.54, 1.807) is 6.07 Å². The first kappa shape index (κ1) is 14.4. The van der Waals surface area contributed by atoms with Gasteiger partial charge in [0.2, 0.25) is 0 Å². The number of fused-ring (bicyclic) bond motifs is 1. The second-order valence-corrected chi connectivity index (χ2v) is 6.93. The van der Waals surface area contributed by atoms with E-state index >= 15 is 0 Å². The third-order valence-corrected chi connectivity index (χ3v) is 4.73. The van der Waals surface area contributed by atoms with Crippen molar-refractivity contribution in [1.29, 1.82) is 0 Å². The van der Waals surface area contributed by atoms with Crippen molar-refractivity contribution >= 4 is 10.9 Å². The van der Waals surface area contributed by atoms with E-state index in [1.807, 2.05) is 30.1 Å². The Morgan fingerprint density at radius 2 is 2.00 bits per heavy atom. The van der Waals surface area contributed by atoms with Crippen LogP contribution in [-0.2, 0) is 7.05 Å². The van der Waals surface area contributed by atoms with Crippen molar-refractivity contribution < 1.29 is 4.39 Å². The van der Waals surface area contributed by atoms with Crippen LogP contribution >= 0.6 is 0 Å². The Bertz CT molecular complexity index is 888. The minimum absolute atomic E-state index is 0.0692. The molecule has 1 aromatic heterocycles. The van der Waals surface area contributed by atoms with E-state index in [1.165, 1.54) is 18.4 Å². The topological polar surface area (TPSA) is 17.8 Å². The van der Waals surface area contributed by atoms with Crippen LogP contribution < -0.4 is 0 Å². The number of halogens is 1. The lowest BCUT2D eigenvalue weighted by Gasteiger charge is -2.16. The molecule has 0 radical (unpaired) electrons. The molecule has 118 valence electrons. The Morgan fingerprint density at radius 1 is 1.22 bits per heavy atom. The molecule has 0 saturated heterocycles. The Labute approximate surface area is 135 Å². The Hall–Kier alpha value is -2.16. The summed E-state index contributed by atoms with van der Waals surface area (Å²) in [5, 5.41) is 5.54. The summed E-state index contributed by atoms with van der Waals surface area (Å²) < 4.78 is 16.6. The maximum atomic E-state index is 14.8. The molecule has 0 aliphatic heterocycles. The summed E-state index contributed by atoms with van der Waals surface area (Å²) in [6, 6.07) is 9.96. The van der Waals surface area contributed by atoms with Crippen LogP contribution in [0.2, 0.25) is 0 Å². The summed E-state index contributed by atoms with van der Waals surface area (Å²) in [7, 11) is 1.92. The average molecular weight is 308 g/mol. The van der Waals surface area contributed by atoms with Crippen molar-refractivity contribution in [3.05, 3.63) is 53.5 Å². The lowest BCUT2D eigenvalue weighted by atomic mass is 9.89. The number of aryl methyl sites for hydroxylation is 1. The molecule has 1 heterocycles. The molecule has 2 aromatic carbocycles. The van der Waals surface area contributed by atoms with Gasteiger partial charge in [-0.1, -0.05) is 32.0 Å². The van der Waals surface area contributed by atoms with Crippen molar-refractivity contribution in [2.75, 3.05) is 0 Å². The third-order valence-electron chi connectivity index (χ3n) is 4.73. The zero-order valence-electron chi connectivity index (χ0n) is 13.8. The number of benzene rings is 2. The van der Waals surface area contributed by atoms with Crippen LogP contribution in [0, 0.1) is 5.82 Å². The van der Waals surface area contributed by atoms with Crippen LogP contribution in [0.1, 0.15) is 49.7 Å². The second-order valence-electron chi connectivity index (χ2n) is 6.93. The summed E-state index contributed by atoms with van der Waals surface area (Å²) in [6.07, 6.45) is 4.37. The molecule has 1 aliphatic carbocycles. The summed E-state index contributed by atoms with van der Waals surface area (Å²) >= 11 is 0. The van der Waals surface area contributed by atoms with Crippen LogP contribution in [0.5, 0.6) is 0 Å². The van der Waals surface area contributed by atoms with Gasteiger partial charge < -0.3 is 0 Å². The fourth-order valence-electron chi connectivity index (χ4n) is 3.55. The predicted octanol–water partition coefficient (Wildman–Crippen LogP) is 5.38. The Balaban J connectivity index is 1.95. The van der Waals surface area contributed by atoms with Crippen LogP contribution in [0.4, 0.5) is 4.39 Å². The number of aromatic nitrogens is 2. The highest BCUT2D eigenvalue weighted by Gasteiger charge is 2.29. The van der Waals surface area contributed by atoms with Gasteiger partial charge in [0.25, 0.3) is 0 Å². The number of hydrogen-bond donors (Lipinski definition) is 0. The molecule has 23 heavy (non-hydrogen) atoms. The maximum Gasteiger partial charge on any atom is 0.127 e. The van der Waals surface area contributed by atoms with E-state index < -0.39 is 0 Å². The van der Waals surface area contributed by atoms with Gasteiger partial charge in [0.15, 0.2) is 0 Å². The zero-order valence-corrected chi connectivity index (χ0v) is 13.8. The SMILES string of the molecule is CC(C)c1c(F)cc(-c2cccc3nn(C)cc23)cc1C1CC1. The van der Waals surface area contributed by atoms with E-state index in [2.05, 4.69) is 31.1 Å². The van der Waals surface area contributed by atoms with E-state index in [0.29, 0.717) is 5.92 Å². The first-order chi connectivity index (χ1) is 11.0. The molecule has 0 bridgehead atoms. The minimum atomic E-state index is -0.0692. The quantitative estimate of drug-likeness (QED) is 0.635. The first-order valence-corrected chi connectivity index (χ1v) is 8.30. The molecule has 0 atom stereocenters. The molecule has 0 unspecified atom stereocenters. The third kappa shape index (κ3) is 2.44. The molecule has 0 N–H and O–H groups in total. The van der Waals surface area contributed by atoms with Gasteiger partial charge in [0.05, 0.1) is 5.52 Å². The lowest BCUT2D eigenvalue weighted by Crippen LogP contribution is -2.00. The zero-order chi connectivity index (χ0) is 16.1. The summed E-state index contributed by atoms with van der Waals surface area (Å²) in [5.41, 5.74) is 5.08. The molecular formula is C20H21FN2. The van der Waals surface area contributed by atoms with Crippen LogP contribution in [0.3, 0.4) is 0 Å². The van der Waals surface area contributed by atoms with E-state index in [4.69, 9.17) is 0 Å². The number of hydrogen-bond acceptors (Lipinski definition) is 1. The fourth-order valence-corrected chi connectivity index (χ4v) is 3.55. The van der Waals surface area contributed by atoms with Gasteiger partial charge in [0, 0.05) is 18.6 Å². The van der Waals surface area contributed by atoms with Crippen LogP contribution in [0.25, 0.3) is 22.0 Å². The van der Waals surface area contributed by atoms with Crippen molar-refractivity contribution in [2.45, 2.75) is 38.5 Å². The van der Waals surface area contributed by atoms with E-state index in [-0.39, 0.29) is 11.7 Å². The van der Waals surface area contributed by atoms with Crippen molar-refractivity contribution in [3.63, 3.8) is 0 Å². The summed E-state index contributed by atoms with van der Waals surface area (Å²) in [4.78, 5) is 0. The van der Waals surface area contributed by atoms with Gasteiger partial charge in [-0.05, 0) is 59.1 Å².